The highest BCUT2D eigenvalue weighted by Gasteiger charge is 2.33. The van der Waals surface area contributed by atoms with Gasteiger partial charge in [-0.25, -0.2) is 27.2 Å². The number of aromatic nitrogens is 2. The molecule has 1 aliphatic rings. The molecule has 0 bridgehead atoms. The number of carbonyl (C=O) groups is 1. The van der Waals surface area contributed by atoms with Gasteiger partial charge in [-0.05, 0) is 31.5 Å². The number of nitrogens with zero attached hydrogens (tertiary/aromatic N) is 3. The van der Waals surface area contributed by atoms with Crippen LogP contribution < -0.4 is 10.2 Å². The SMILES string of the molecule is CCN(c1nccc(C(=O)Nc2c(F)cccc2F)n1)C1CCS(=O)(=O)C1. The minimum absolute atomic E-state index is 0.00105. The average molecular weight is 396 g/mol. The van der Waals surface area contributed by atoms with Gasteiger partial charge in [0, 0.05) is 18.8 Å². The third-order valence-electron chi connectivity index (χ3n) is 4.32. The lowest BCUT2D eigenvalue weighted by Gasteiger charge is -2.26. The van der Waals surface area contributed by atoms with E-state index in [9.17, 15) is 22.0 Å². The van der Waals surface area contributed by atoms with Gasteiger partial charge in [0.15, 0.2) is 9.84 Å². The third-order valence-corrected chi connectivity index (χ3v) is 6.07. The molecule has 1 saturated heterocycles. The van der Waals surface area contributed by atoms with Crippen LogP contribution in [0.25, 0.3) is 0 Å². The summed E-state index contributed by atoms with van der Waals surface area (Å²) >= 11 is 0. The van der Waals surface area contributed by atoms with Crippen LogP contribution in [0.3, 0.4) is 0 Å². The first-order valence-corrected chi connectivity index (χ1v) is 10.2. The molecule has 0 spiro atoms. The fourth-order valence-electron chi connectivity index (χ4n) is 2.99. The largest absolute Gasteiger partial charge is 0.337 e. The Kier molecular flexibility index (Phi) is 5.36. The minimum atomic E-state index is -3.10. The van der Waals surface area contributed by atoms with Crippen molar-refractivity contribution in [2.75, 3.05) is 28.3 Å². The van der Waals surface area contributed by atoms with Gasteiger partial charge in [-0.3, -0.25) is 4.79 Å². The van der Waals surface area contributed by atoms with Gasteiger partial charge in [-0.1, -0.05) is 6.07 Å². The van der Waals surface area contributed by atoms with Gasteiger partial charge in [0.25, 0.3) is 5.91 Å². The van der Waals surface area contributed by atoms with Crippen molar-refractivity contribution in [1.29, 1.82) is 0 Å². The summed E-state index contributed by atoms with van der Waals surface area (Å²) in [5.74, 6) is -2.30. The van der Waals surface area contributed by atoms with Gasteiger partial charge in [-0.2, -0.15) is 0 Å². The number of nitrogens with one attached hydrogen (secondary N) is 1. The molecule has 1 fully saturated rings. The molecule has 1 unspecified atom stereocenters. The molecular formula is C17H18F2N4O3S. The van der Waals surface area contributed by atoms with E-state index in [0.29, 0.717) is 13.0 Å². The van der Waals surface area contributed by atoms with Crippen LogP contribution in [0, 0.1) is 11.6 Å². The van der Waals surface area contributed by atoms with Crippen LogP contribution in [0.15, 0.2) is 30.5 Å². The lowest BCUT2D eigenvalue weighted by atomic mass is 10.2. The van der Waals surface area contributed by atoms with Gasteiger partial charge >= 0.3 is 0 Å². The van der Waals surface area contributed by atoms with Gasteiger partial charge < -0.3 is 10.2 Å². The second-order valence-corrected chi connectivity index (χ2v) is 8.36. The number of hydrogen-bond donors (Lipinski definition) is 1. The Morgan fingerprint density at radius 3 is 2.59 bits per heavy atom. The van der Waals surface area contributed by atoms with Crippen LogP contribution in [-0.2, 0) is 9.84 Å². The van der Waals surface area contributed by atoms with E-state index >= 15 is 0 Å². The van der Waals surface area contributed by atoms with Gasteiger partial charge in [0.05, 0.1) is 11.5 Å². The predicted molar refractivity (Wildman–Crippen MR) is 96.4 cm³/mol. The standard InChI is InChI=1S/C17H18F2N4O3S/c1-2-23(11-7-9-27(25,26)10-11)17-20-8-6-14(21-17)16(24)22-15-12(18)4-3-5-13(15)19/h3-6,8,11H,2,7,9-10H2,1H3,(H,22,24). The van der Waals surface area contributed by atoms with Crippen LogP contribution in [0.2, 0.25) is 0 Å². The Hall–Kier alpha value is -2.62. The number of hydrogen-bond acceptors (Lipinski definition) is 6. The second-order valence-electron chi connectivity index (χ2n) is 6.14. The zero-order chi connectivity index (χ0) is 19.6. The summed E-state index contributed by atoms with van der Waals surface area (Å²) in [5, 5.41) is 2.17. The first-order chi connectivity index (χ1) is 12.8. The summed E-state index contributed by atoms with van der Waals surface area (Å²) in [6.07, 6.45) is 1.80. The Labute approximate surface area is 155 Å². The molecule has 3 rings (SSSR count). The number of carbonyl (C=O) groups excluding carboxylic acids is 1. The Bertz CT molecular complexity index is 948. The summed E-state index contributed by atoms with van der Waals surface area (Å²) in [7, 11) is -3.10. The second kappa shape index (κ2) is 7.55. The summed E-state index contributed by atoms with van der Waals surface area (Å²) in [4.78, 5) is 22.3. The van der Waals surface area contributed by atoms with E-state index < -0.39 is 33.1 Å². The van der Waals surface area contributed by atoms with Crippen molar-refractivity contribution in [3.8, 4) is 0 Å². The number of sulfone groups is 1. The maximum absolute atomic E-state index is 13.7. The zero-order valence-electron chi connectivity index (χ0n) is 14.5. The number of anilines is 2. The number of halogens is 2. The molecule has 7 nitrogen and oxygen atoms in total. The van der Waals surface area contributed by atoms with Crippen LogP contribution in [0.1, 0.15) is 23.8 Å². The van der Waals surface area contributed by atoms with E-state index in [1.54, 1.807) is 4.90 Å². The lowest BCUT2D eigenvalue weighted by molar-refractivity contribution is 0.102. The van der Waals surface area contributed by atoms with E-state index in [1.807, 2.05) is 6.92 Å². The van der Waals surface area contributed by atoms with E-state index in [1.165, 1.54) is 18.3 Å². The Morgan fingerprint density at radius 2 is 2.00 bits per heavy atom. The quantitative estimate of drug-likeness (QED) is 0.831. The average Bonchev–Trinajstić information content (AvgIpc) is 2.98. The van der Waals surface area contributed by atoms with Crippen LogP contribution in [0.4, 0.5) is 20.4 Å². The molecule has 1 aromatic heterocycles. The molecule has 1 N–H and O–H groups in total. The zero-order valence-corrected chi connectivity index (χ0v) is 15.3. The molecule has 1 aromatic carbocycles. The summed E-state index contributed by atoms with van der Waals surface area (Å²) in [6, 6.07) is 4.30. The number of amides is 1. The number of benzene rings is 1. The summed E-state index contributed by atoms with van der Waals surface area (Å²) in [5.41, 5.74) is -0.640. The fourth-order valence-corrected chi connectivity index (χ4v) is 4.72. The van der Waals surface area contributed by atoms with E-state index in [4.69, 9.17) is 0 Å². The van der Waals surface area contributed by atoms with Gasteiger partial charge in [0.2, 0.25) is 5.95 Å². The molecule has 2 heterocycles. The highest BCUT2D eigenvalue weighted by atomic mass is 32.2. The monoisotopic (exact) mass is 396 g/mol. The van der Waals surface area contributed by atoms with Crippen molar-refractivity contribution >= 4 is 27.4 Å². The van der Waals surface area contributed by atoms with Gasteiger partial charge in [0.1, 0.15) is 23.0 Å². The molecule has 2 aromatic rings. The normalized spacial score (nSPS) is 18.3. The molecule has 0 saturated carbocycles. The number of rotatable bonds is 5. The molecular weight excluding hydrogens is 378 g/mol. The van der Waals surface area contributed by atoms with Crippen molar-refractivity contribution in [2.24, 2.45) is 0 Å². The molecule has 0 radical (unpaired) electrons. The van der Waals surface area contributed by atoms with Crippen molar-refractivity contribution in [2.45, 2.75) is 19.4 Å². The minimum Gasteiger partial charge on any atom is -0.337 e. The highest BCUT2D eigenvalue weighted by molar-refractivity contribution is 7.91. The molecule has 27 heavy (non-hydrogen) atoms. The van der Waals surface area contributed by atoms with E-state index in [-0.39, 0.29) is 29.2 Å². The van der Waals surface area contributed by atoms with Crippen LogP contribution in [0.5, 0.6) is 0 Å². The molecule has 0 aliphatic carbocycles. The number of para-hydroxylation sites is 1. The van der Waals surface area contributed by atoms with E-state index in [0.717, 1.165) is 12.1 Å². The maximum atomic E-state index is 13.7. The summed E-state index contributed by atoms with van der Waals surface area (Å²) in [6.45, 7) is 2.28. The topological polar surface area (TPSA) is 92.3 Å². The molecule has 1 aliphatic heterocycles. The van der Waals surface area contributed by atoms with E-state index in [2.05, 4.69) is 15.3 Å². The van der Waals surface area contributed by atoms with Gasteiger partial charge in [-0.15, -0.1) is 0 Å². The maximum Gasteiger partial charge on any atom is 0.274 e. The van der Waals surface area contributed by atoms with Crippen molar-refractivity contribution in [1.82, 2.24) is 9.97 Å². The fraction of sp³-hybridized carbons (Fsp3) is 0.353. The summed E-state index contributed by atoms with van der Waals surface area (Å²) < 4.78 is 50.9. The first-order valence-electron chi connectivity index (χ1n) is 8.36. The highest BCUT2D eigenvalue weighted by Crippen LogP contribution is 2.22. The molecule has 1 amide bonds. The molecule has 1 atom stereocenters. The molecule has 10 heteroatoms. The van der Waals surface area contributed by atoms with Crippen molar-refractivity contribution in [3.63, 3.8) is 0 Å². The van der Waals surface area contributed by atoms with Crippen molar-refractivity contribution < 1.29 is 22.0 Å². The first kappa shape index (κ1) is 19.2. The van der Waals surface area contributed by atoms with Crippen LogP contribution in [-0.4, -0.2) is 48.4 Å². The third kappa shape index (κ3) is 4.21. The predicted octanol–water partition coefficient (Wildman–Crippen LogP) is 2.02. The molecule has 144 valence electrons. The Morgan fingerprint density at radius 1 is 1.30 bits per heavy atom. The van der Waals surface area contributed by atoms with Crippen molar-refractivity contribution in [3.05, 3.63) is 47.8 Å². The van der Waals surface area contributed by atoms with Crippen LogP contribution >= 0.6 is 0 Å². The Balaban J connectivity index is 1.83. The lowest BCUT2D eigenvalue weighted by Crippen LogP contribution is -2.37. The smallest absolute Gasteiger partial charge is 0.274 e.